The van der Waals surface area contributed by atoms with Gasteiger partial charge in [-0.25, -0.2) is 4.98 Å². The number of hydrogen-bond donors (Lipinski definition) is 1. The van der Waals surface area contributed by atoms with Gasteiger partial charge in [0.05, 0.1) is 43.5 Å². The summed E-state index contributed by atoms with van der Waals surface area (Å²) in [5.74, 6) is 0.296. The number of aromatic nitrogens is 2. The molecular weight excluding hydrogens is 501 g/mol. The van der Waals surface area contributed by atoms with E-state index in [0.717, 1.165) is 43.0 Å². The lowest BCUT2D eigenvalue weighted by molar-refractivity contribution is -0.147. The molecule has 0 saturated carbocycles. The fraction of sp³-hybridized carbons (Fsp3) is 0.519. The van der Waals surface area contributed by atoms with E-state index in [1.54, 1.807) is 18.2 Å². The van der Waals surface area contributed by atoms with Crippen molar-refractivity contribution in [3.63, 3.8) is 0 Å². The number of hydrogen-bond acceptors (Lipinski definition) is 7. The molecule has 2 aromatic carbocycles. The van der Waals surface area contributed by atoms with Crippen LogP contribution in [0.3, 0.4) is 0 Å². The third-order valence-electron chi connectivity index (χ3n) is 6.35. The number of ether oxygens (including phenoxy) is 3. The Balaban J connectivity index is 1.36. The van der Waals surface area contributed by atoms with Crippen molar-refractivity contribution in [1.82, 2.24) is 19.4 Å². The van der Waals surface area contributed by atoms with Crippen LogP contribution in [0.1, 0.15) is 18.3 Å². The van der Waals surface area contributed by atoms with Crippen molar-refractivity contribution in [2.75, 3.05) is 59.7 Å². The van der Waals surface area contributed by atoms with Crippen molar-refractivity contribution in [3.8, 4) is 11.5 Å². The van der Waals surface area contributed by atoms with Crippen molar-refractivity contribution in [2.24, 2.45) is 0 Å². The van der Waals surface area contributed by atoms with Crippen LogP contribution in [0.15, 0.2) is 42.5 Å². The zero-order chi connectivity index (χ0) is 27.1. The van der Waals surface area contributed by atoms with E-state index in [1.165, 1.54) is 6.07 Å². The number of halogens is 3. The molecule has 4 rings (SSSR count). The highest BCUT2D eigenvalue weighted by Crippen LogP contribution is 2.32. The average Bonchev–Trinajstić information content (AvgIpc) is 3.25. The Kier molecular flexibility index (Phi) is 9.48. The number of nitrogens with zero attached hydrogens (tertiary/aromatic N) is 4. The van der Waals surface area contributed by atoms with Crippen LogP contribution < -0.4 is 9.47 Å². The van der Waals surface area contributed by atoms with Gasteiger partial charge >= 0.3 is 6.18 Å². The highest BCUT2D eigenvalue weighted by Gasteiger charge is 2.38. The van der Waals surface area contributed by atoms with Crippen LogP contribution in [0.25, 0.3) is 11.0 Å². The predicted molar refractivity (Wildman–Crippen MR) is 137 cm³/mol. The van der Waals surface area contributed by atoms with E-state index in [4.69, 9.17) is 14.2 Å². The molecule has 1 aromatic heterocycles. The Morgan fingerprint density at radius 3 is 2.61 bits per heavy atom. The van der Waals surface area contributed by atoms with Gasteiger partial charge < -0.3 is 23.9 Å². The molecule has 2 heterocycles. The Bertz CT molecular complexity index is 1180. The van der Waals surface area contributed by atoms with Crippen LogP contribution in [0.5, 0.6) is 11.5 Å². The van der Waals surface area contributed by atoms with E-state index in [2.05, 4.69) is 9.88 Å². The van der Waals surface area contributed by atoms with Crippen LogP contribution in [-0.4, -0.2) is 90.2 Å². The van der Waals surface area contributed by atoms with Gasteiger partial charge in [-0.05, 0) is 43.8 Å². The second-order valence-corrected chi connectivity index (χ2v) is 9.40. The van der Waals surface area contributed by atoms with Crippen LogP contribution in [0.2, 0.25) is 0 Å². The number of alkyl halides is 3. The van der Waals surface area contributed by atoms with Crippen molar-refractivity contribution in [1.29, 1.82) is 0 Å². The Hall–Kier alpha value is -2.86. The van der Waals surface area contributed by atoms with Gasteiger partial charge in [-0.1, -0.05) is 18.2 Å². The number of morpholine rings is 1. The van der Waals surface area contributed by atoms with Crippen molar-refractivity contribution >= 4 is 11.0 Å². The normalized spacial score (nSPS) is 15.8. The number of rotatable bonds is 12. The quantitative estimate of drug-likeness (QED) is 0.379. The van der Waals surface area contributed by atoms with Gasteiger partial charge in [0.1, 0.15) is 6.61 Å². The summed E-state index contributed by atoms with van der Waals surface area (Å²) in [4.78, 5) is 7.90. The first-order valence-corrected chi connectivity index (χ1v) is 12.8. The first-order valence-electron chi connectivity index (χ1n) is 12.8. The molecule has 0 spiro atoms. The molecule has 1 atom stereocenters. The number of imidazole rings is 1. The third-order valence-corrected chi connectivity index (χ3v) is 6.35. The Morgan fingerprint density at radius 2 is 1.87 bits per heavy atom. The fourth-order valence-corrected chi connectivity index (χ4v) is 4.63. The number of fused-ring (bicyclic) bond motifs is 1. The van der Waals surface area contributed by atoms with Crippen molar-refractivity contribution in [3.05, 3.63) is 53.9 Å². The van der Waals surface area contributed by atoms with Gasteiger partial charge in [0.15, 0.2) is 11.5 Å². The lowest BCUT2D eigenvalue weighted by Gasteiger charge is -2.26. The molecule has 208 valence electrons. The van der Waals surface area contributed by atoms with Crippen molar-refractivity contribution < 1.29 is 32.5 Å². The summed E-state index contributed by atoms with van der Waals surface area (Å²) in [5.41, 5.74) is 1.52. The average molecular weight is 537 g/mol. The zero-order valence-corrected chi connectivity index (χ0v) is 21.8. The van der Waals surface area contributed by atoms with Crippen molar-refractivity contribution in [2.45, 2.75) is 32.3 Å². The van der Waals surface area contributed by atoms with Gasteiger partial charge in [0, 0.05) is 32.7 Å². The number of likely N-dealkylation sites (N-methyl/N-ethyl adjacent to an activating group) is 1. The van der Waals surface area contributed by atoms with E-state index >= 15 is 0 Å². The number of aliphatic hydroxyl groups is 1. The Morgan fingerprint density at radius 1 is 1.11 bits per heavy atom. The zero-order valence-electron chi connectivity index (χ0n) is 21.8. The minimum absolute atomic E-state index is 0.172. The maximum atomic E-state index is 13.6. The standard InChI is InChI=1S/C27H35F3N4O4/c1-3-37-25-16-20(8-9-24(25)38-15-12-33-10-13-36-14-11-33)17-32(2)18-21(35)19-34-23-7-5-4-6-22(23)31-26(34)27(28,29)30/h4-9,16,21,35H,3,10-15,17-19H2,1-2H3/t21-/m1/s1. The minimum atomic E-state index is -4.62. The smallest absolute Gasteiger partial charge is 0.449 e. The number of benzene rings is 2. The molecule has 0 aliphatic carbocycles. The lowest BCUT2D eigenvalue weighted by atomic mass is 10.2. The topological polar surface area (TPSA) is 72.2 Å². The lowest BCUT2D eigenvalue weighted by Crippen LogP contribution is -2.38. The molecule has 11 heteroatoms. The molecule has 38 heavy (non-hydrogen) atoms. The summed E-state index contributed by atoms with van der Waals surface area (Å²) >= 11 is 0. The summed E-state index contributed by atoms with van der Waals surface area (Å²) in [6, 6.07) is 12.1. The van der Waals surface area contributed by atoms with Gasteiger partial charge in [-0.2, -0.15) is 13.2 Å². The molecule has 0 amide bonds. The van der Waals surface area contributed by atoms with Gasteiger partial charge in [0.2, 0.25) is 5.82 Å². The first-order chi connectivity index (χ1) is 18.2. The molecule has 0 radical (unpaired) electrons. The second kappa shape index (κ2) is 12.8. The molecule has 0 bridgehead atoms. The molecular formula is C27H35F3N4O4. The molecule has 0 unspecified atom stereocenters. The molecule has 3 aromatic rings. The summed E-state index contributed by atoms with van der Waals surface area (Å²) in [6.45, 7) is 7.43. The third kappa shape index (κ3) is 7.37. The van der Waals surface area contributed by atoms with E-state index in [1.807, 2.05) is 37.1 Å². The SMILES string of the molecule is CCOc1cc(CN(C)C[C@@H](O)Cn2c(C(F)(F)F)nc3ccccc32)ccc1OCCN1CCOCC1. The van der Waals surface area contributed by atoms with Crippen LogP contribution in [0, 0.1) is 0 Å². The molecule has 1 N–H and O–H groups in total. The van der Waals surface area contributed by atoms with E-state index in [0.29, 0.717) is 36.8 Å². The van der Waals surface area contributed by atoms with Gasteiger partial charge in [-0.3, -0.25) is 9.80 Å². The number of para-hydroxylation sites is 2. The van der Waals surface area contributed by atoms with Crippen LogP contribution >= 0.6 is 0 Å². The molecule has 1 aliphatic heterocycles. The monoisotopic (exact) mass is 536 g/mol. The van der Waals surface area contributed by atoms with E-state index in [-0.39, 0.29) is 18.6 Å². The van der Waals surface area contributed by atoms with Crippen LogP contribution in [-0.2, 0) is 24.0 Å². The van der Waals surface area contributed by atoms with E-state index in [9.17, 15) is 18.3 Å². The minimum Gasteiger partial charge on any atom is -0.490 e. The predicted octanol–water partition coefficient (Wildman–Crippen LogP) is 3.66. The molecule has 8 nitrogen and oxygen atoms in total. The summed E-state index contributed by atoms with van der Waals surface area (Å²) in [6.07, 6.45) is -5.65. The van der Waals surface area contributed by atoms with Gasteiger partial charge in [0.25, 0.3) is 0 Å². The van der Waals surface area contributed by atoms with Gasteiger partial charge in [-0.15, -0.1) is 0 Å². The summed E-state index contributed by atoms with van der Waals surface area (Å²) < 4.78 is 59.0. The highest BCUT2D eigenvalue weighted by atomic mass is 19.4. The van der Waals surface area contributed by atoms with Crippen LogP contribution in [0.4, 0.5) is 13.2 Å². The highest BCUT2D eigenvalue weighted by molar-refractivity contribution is 5.76. The second-order valence-electron chi connectivity index (χ2n) is 9.40. The molecule has 1 aliphatic rings. The fourth-order valence-electron chi connectivity index (χ4n) is 4.63. The first kappa shape index (κ1) is 28.2. The Labute approximate surface area is 220 Å². The molecule has 1 saturated heterocycles. The summed E-state index contributed by atoms with van der Waals surface area (Å²) in [7, 11) is 1.81. The number of aliphatic hydroxyl groups excluding tert-OH is 1. The van der Waals surface area contributed by atoms with E-state index < -0.39 is 18.1 Å². The largest absolute Gasteiger partial charge is 0.490 e. The maximum Gasteiger partial charge on any atom is 0.449 e. The summed E-state index contributed by atoms with van der Waals surface area (Å²) in [5, 5.41) is 10.7. The maximum absolute atomic E-state index is 13.6. The molecule has 1 fully saturated rings.